The van der Waals surface area contributed by atoms with Gasteiger partial charge in [-0.3, -0.25) is 30.8 Å². The molecule has 0 saturated carbocycles. The van der Waals surface area contributed by atoms with Crippen LogP contribution in [0.15, 0.2) is 66.9 Å². The number of amides is 2. The summed E-state index contributed by atoms with van der Waals surface area (Å²) in [5.74, 6) is -0.0742. The fraction of sp³-hybridized carbons (Fsp3) is 0.259. The second-order valence-corrected chi connectivity index (χ2v) is 8.55. The maximum Gasteiger partial charge on any atom is 0.288 e. The Hall–Kier alpha value is -4.64. The number of pyridine rings is 1. The molecule has 0 aliphatic rings. The number of amidine groups is 1. The highest BCUT2D eigenvalue weighted by molar-refractivity contribution is 5.96. The minimum absolute atomic E-state index is 0.0630. The van der Waals surface area contributed by atoms with Gasteiger partial charge in [-0.1, -0.05) is 6.07 Å². The van der Waals surface area contributed by atoms with Gasteiger partial charge in [-0.15, -0.1) is 0 Å². The Labute approximate surface area is 221 Å². The minimum Gasteiger partial charge on any atom is -0.494 e. The molecule has 11 nitrogen and oxygen atoms in total. The summed E-state index contributed by atoms with van der Waals surface area (Å²) in [4.78, 5) is 31.8. The predicted molar refractivity (Wildman–Crippen MR) is 145 cm³/mol. The van der Waals surface area contributed by atoms with E-state index in [0.717, 1.165) is 0 Å². The molecule has 11 heteroatoms. The molecule has 1 atom stereocenters. The normalized spacial score (nSPS) is 11.4. The van der Waals surface area contributed by atoms with Crippen LogP contribution in [0.3, 0.4) is 0 Å². The van der Waals surface area contributed by atoms with Crippen LogP contribution in [0.25, 0.3) is 0 Å². The van der Waals surface area contributed by atoms with Crippen molar-refractivity contribution in [3.05, 3.63) is 83.7 Å². The lowest BCUT2D eigenvalue weighted by molar-refractivity contribution is -0.122. The van der Waals surface area contributed by atoms with Crippen molar-refractivity contribution >= 4 is 23.3 Å². The maximum atomic E-state index is 13.4. The predicted octanol–water partition coefficient (Wildman–Crippen LogP) is 2.32. The number of likely N-dealkylation sites (N-methyl/N-ethyl adjacent to an activating group) is 1. The zero-order valence-electron chi connectivity index (χ0n) is 21.7. The average molecular weight is 520 g/mol. The van der Waals surface area contributed by atoms with Crippen molar-refractivity contribution in [1.29, 1.82) is 5.41 Å². The van der Waals surface area contributed by atoms with Crippen molar-refractivity contribution in [3.8, 4) is 11.5 Å². The molecular weight excluding hydrogens is 486 g/mol. The first kappa shape index (κ1) is 27.9. The van der Waals surface area contributed by atoms with Crippen LogP contribution in [-0.4, -0.2) is 61.4 Å². The van der Waals surface area contributed by atoms with E-state index in [1.165, 1.54) is 12.3 Å². The molecule has 3 aromatic rings. The number of nitrogens with zero attached hydrogens (tertiary/aromatic N) is 2. The van der Waals surface area contributed by atoms with Crippen LogP contribution >= 0.6 is 0 Å². The van der Waals surface area contributed by atoms with Gasteiger partial charge in [0, 0.05) is 30.1 Å². The Morgan fingerprint density at radius 1 is 1.03 bits per heavy atom. The topological polar surface area (TPSA) is 155 Å². The summed E-state index contributed by atoms with van der Waals surface area (Å²) in [7, 11) is 3.90. The molecule has 0 spiro atoms. The van der Waals surface area contributed by atoms with Crippen LogP contribution < -0.4 is 31.4 Å². The molecule has 1 heterocycles. The number of nitrogen functional groups attached to an aromatic ring is 1. The monoisotopic (exact) mass is 519 g/mol. The first-order chi connectivity index (χ1) is 18.3. The van der Waals surface area contributed by atoms with E-state index in [1.807, 2.05) is 25.9 Å². The highest BCUT2D eigenvalue weighted by atomic mass is 16.5. The van der Waals surface area contributed by atoms with E-state index in [-0.39, 0.29) is 11.5 Å². The van der Waals surface area contributed by atoms with Gasteiger partial charge in [-0.05, 0) is 75.1 Å². The summed E-state index contributed by atoms with van der Waals surface area (Å²) < 4.78 is 11.7. The van der Waals surface area contributed by atoms with E-state index in [0.29, 0.717) is 48.1 Å². The summed E-state index contributed by atoms with van der Waals surface area (Å²) in [5, 5.41) is 10.8. The molecule has 2 amide bonds. The Morgan fingerprint density at radius 3 is 2.34 bits per heavy atom. The molecule has 0 saturated heterocycles. The number of rotatable bonds is 12. The lowest BCUT2D eigenvalue weighted by Crippen LogP contribution is -2.45. The molecule has 38 heavy (non-hydrogen) atoms. The van der Waals surface area contributed by atoms with Crippen LogP contribution in [0, 0.1) is 5.41 Å². The van der Waals surface area contributed by atoms with Gasteiger partial charge in [-0.25, -0.2) is 0 Å². The minimum atomic E-state index is -0.946. The molecule has 0 fully saturated rings. The fourth-order valence-electron chi connectivity index (χ4n) is 3.40. The van der Waals surface area contributed by atoms with Crippen molar-refractivity contribution in [2.45, 2.75) is 13.0 Å². The van der Waals surface area contributed by atoms with Crippen LogP contribution in [0.1, 0.15) is 34.6 Å². The second kappa shape index (κ2) is 13.6. The Bertz CT molecular complexity index is 1230. The number of nitrogens with two attached hydrogens (primary N) is 1. The number of hydrogen-bond acceptors (Lipinski definition) is 8. The number of nitrogens with one attached hydrogen (secondary N) is 4. The quantitative estimate of drug-likeness (QED) is 0.139. The highest BCUT2D eigenvalue weighted by Gasteiger charge is 2.23. The number of carbonyl (C=O) groups excluding carboxylic acids is 2. The van der Waals surface area contributed by atoms with Gasteiger partial charge < -0.3 is 25.4 Å². The third-order valence-electron chi connectivity index (χ3n) is 5.32. The molecule has 1 aromatic heterocycles. The smallest absolute Gasteiger partial charge is 0.288 e. The molecule has 1 unspecified atom stereocenters. The highest BCUT2D eigenvalue weighted by Crippen LogP contribution is 2.29. The zero-order valence-corrected chi connectivity index (χ0v) is 21.7. The van der Waals surface area contributed by atoms with E-state index in [1.54, 1.807) is 54.6 Å². The molecule has 3 rings (SSSR count). The van der Waals surface area contributed by atoms with Crippen LogP contribution in [0.4, 0.5) is 5.69 Å². The molecule has 6 N–H and O–H groups in total. The Morgan fingerprint density at radius 2 is 1.74 bits per heavy atom. The van der Waals surface area contributed by atoms with Crippen molar-refractivity contribution in [2.75, 3.05) is 39.2 Å². The Balaban J connectivity index is 1.89. The SMILES string of the molecule is CCOc1cc(OCCN(C)C)cc(C(Nc2ccc(C(=N)N)cc2)C(=O)NNC(=O)c2ccccn2)c1. The van der Waals surface area contributed by atoms with Crippen molar-refractivity contribution < 1.29 is 19.1 Å². The molecule has 0 aliphatic carbocycles. The van der Waals surface area contributed by atoms with E-state index in [4.69, 9.17) is 20.6 Å². The number of anilines is 1. The molecular formula is C27H33N7O4. The summed E-state index contributed by atoms with van der Waals surface area (Å²) in [6, 6.07) is 16.0. The van der Waals surface area contributed by atoms with E-state index in [2.05, 4.69) is 21.2 Å². The van der Waals surface area contributed by atoms with Crippen molar-refractivity contribution in [2.24, 2.45) is 5.73 Å². The number of carbonyl (C=O) groups is 2. The molecule has 200 valence electrons. The van der Waals surface area contributed by atoms with Crippen molar-refractivity contribution in [1.82, 2.24) is 20.7 Å². The van der Waals surface area contributed by atoms with Crippen LogP contribution in [0.5, 0.6) is 11.5 Å². The standard InChI is InChI=1S/C27H33N7O4/c1-4-37-21-15-19(16-22(17-21)38-14-13-34(2)3)24(31-20-10-8-18(9-11-20)25(28)29)27(36)33-32-26(35)23-7-5-6-12-30-23/h5-12,15-17,24,31H,4,13-14H2,1-3H3,(H3,28,29)(H,32,35)(H,33,36). The summed E-state index contributed by atoms with van der Waals surface area (Å²) in [5.41, 5.74) is 12.3. The molecule has 0 bridgehead atoms. The largest absolute Gasteiger partial charge is 0.494 e. The van der Waals surface area contributed by atoms with Gasteiger partial charge in [-0.2, -0.15) is 0 Å². The molecule has 0 radical (unpaired) electrons. The Kier molecular flexibility index (Phi) is 10.0. The third-order valence-corrected chi connectivity index (χ3v) is 5.32. The summed E-state index contributed by atoms with van der Waals surface area (Å²) in [6.07, 6.45) is 1.49. The average Bonchev–Trinajstić information content (AvgIpc) is 2.90. The van der Waals surface area contributed by atoms with Gasteiger partial charge in [0.25, 0.3) is 11.8 Å². The number of hydrazine groups is 1. The van der Waals surface area contributed by atoms with Gasteiger partial charge >= 0.3 is 0 Å². The molecule has 0 aliphatic heterocycles. The lowest BCUT2D eigenvalue weighted by atomic mass is 10.0. The number of benzene rings is 2. The van der Waals surface area contributed by atoms with Gasteiger partial charge in [0.05, 0.1) is 6.61 Å². The van der Waals surface area contributed by atoms with Crippen molar-refractivity contribution in [3.63, 3.8) is 0 Å². The first-order valence-electron chi connectivity index (χ1n) is 12.0. The zero-order chi connectivity index (χ0) is 27.5. The van der Waals surface area contributed by atoms with E-state index >= 15 is 0 Å². The summed E-state index contributed by atoms with van der Waals surface area (Å²) >= 11 is 0. The van der Waals surface area contributed by atoms with Gasteiger partial charge in [0.2, 0.25) is 0 Å². The van der Waals surface area contributed by atoms with Gasteiger partial charge in [0.1, 0.15) is 35.7 Å². The number of ether oxygens (including phenoxy) is 2. The molecule has 2 aromatic carbocycles. The maximum absolute atomic E-state index is 13.4. The van der Waals surface area contributed by atoms with E-state index < -0.39 is 17.9 Å². The third kappa shape index (κ3) is 8.20. The second-order valence-electron chi connectivity index (χ2n) is 8.55. The summed E-state index contributed by atoms with van der Waals surface area (Å²) in [6.45, 7) is 3.44. The van der Waals surface area contributed by atoms with E-state index in [9.17, 15) is 9.59 Å². The number of aromatic nitrogens is 1. The van der Waals surface area contributed by atoms with Crippen LogP contribution in [-0.2, 0) is 4.79 Å². The first-order valence-corrected chi connectivity index (χ1v) is 12.0. The lowest BCUT2D eigenvalue weighted by Gasteiger charge is -2.22. The van der Waals surface area contributed by atoms with Gasteiger partial charge in [0.15, 0.2) is 0 Å². The van der Waals surface area contributed by atoms with Crippen LogP contribution in [0.2, 0.25) is 0 Å². The fourth-order valence-corrected chi connectivity index (χ4v) is 3.40. The number of hydrogen-bond donors (Lipinski definition) is 5.